The smallest absolute Gasteiger partial charge is 0.0529 e. The number of nitrogens with zero attached hydrogens (tertiary/aromatic N) is 3. The fraction of sp³-hybridized carbons (Fsp3) is 0.474. The normalized spacial score (nSPS) is 18.9. The maximum absolute atomic E-state index is 4.58. The summed E-state index contributed by atoms with van der Waals surface area (Å²) in [6.07, 6.45) is 9.28. The van der Waals surface area contributed by atoms with E-state index < -0.39 is 0 Å². The average molecular weight is 340 g/mol. The number of hydrogen-bond acceptors (Lipinski definition) is 4. The number of aryl methyl sites for hydroxylation is 1. The van der Waals surface area contributed by atoms with Gasteiger partial charge in [-0.1, -0.05) is 0 Å². The molecule has 0 aromatic carbocycles. The van der Waals surface area contributed by atoms with Gasteiger partial charge >= 0.3 is 0 Å². The maximum Gasteiger partial charge on any atom is 0.0529 e. The predicted molar refractivity (Wildman–Crippen MR) is 99.6 cm³/mol. The summed E-state index contributed by atoms with van der Waals surface area (Å²) in [6.45, 7) is 6.68. The summed E-state index contributed by atoms with van der Waals surface area (Å²) in [5, 5.41) is 9.72. The number of fused-ring (bicyclic) bond motifs is 2. The standard InChI is InChI=1S/C19H24N4S/c1-12(2)23-17-9-16(5-4-15(17)10-21-23)22-13(3)18-8-14-6-7-20-11-19(14)24-18/h6-8,10-13,16,22H,4-5,9H2,1-3H3. The van der Waals surface area contributed by atoms with Crippen LogP contribution in [0.5, 0.6) is 0 Å². The van der Waals surface area contributed by atoms with Gasteiger partial charge in [-0.25, -0.2) is 0 Å². The van der Waals surface area contributed by atoms with Gasteiger partial charge in [0, 0.05) is 47.5 Å². The van der Waals surface area contributed by atoms with Crippen LogP contribution in [0.3, 0.4) is 0 Å². The molecule has 1 aliphatic carbocycles. The van der Waals surface area contributed by atoms with Crippen molar-refractivity contribution in [3.05, 3.63) is 46.9 Å². The van der Waals surface area contributed by atoms with Gasteiger partial charge in [0.05, 0.1) is 10.9 Å². The molecule has 0 aliphatic heterocycles. The van der Waals surface area contributed by atoms with Crippen LogP contribution in [-0.4, -0.2) is 20.8 Å². The summed E-state index contributed by atoms with van der Waals surface area (Å²) >= 11 is 1.85. The molecule has 0 amide bonds. The fourth-order valence-electron chi connectivity index (χ4n) is 3.66. The zero-order valence-corrected chi connectivity index (χ0v) is 15.3. The van der Waals surface area contributed by atoms with Gasteiger partial charge in [0.25, 0.3) is 0 Å². The molecule has 4 rings (SSSR count). The highest BCUT2D eigenvalue weighted by Gasteiger charge is 2.25. The lowest BCUT2D eigenvalue weighted by Gasteiger charge is -2.27. The van der Waals surface area contributed by atoms with E-state index in [1.54, 1.807) is 0 Å². The molecule has 3 aromatic heterocycles. The minimum Gasteiger partial charge on any atom is -0.306 e. The molecule has 0 saturated heterocycles. The van der Waals surface area contributed by atoms with Crippen molar-refractivity contribution in [2.75, 3.05) is 0 Å². The molecule has 0 saturated carbocycles. The highest BCUT2D eigenvalue weighted by Crippen LogP contribution is 2.31. The van der Waals surface area contributed by atoms with E-state index in [1.807, 2.05) is 23.7 Å². The largest absolute Gasteiger partial charge is 0.306 e. The molecule has 3 heterocycles. The average Bonchev–Trinajstić information content (AvgIpc) is 3.18. The van der Waals surface area contributed by atoms with Crippen LogP contribution >= 0.6 is 11.3 Å². The van der Waals surface area contributed by atoms with E-state index in [0.29, 0.717) is 18.1 Å². The maximum atomic E-state index is 4.58. The lowest BCUT2D eigenvalue weighted by atomic mass is 9.92. The monoisotopic (exact) mass is 340 g/mol. The van der Waals surface area contributed by atoms with Gasteiger partial charge in [-0.2, -0.15) is 5.10 Å². The predicted octanol–water partition coefficient (Wildman–Crippen LogP) is 4.28. The first-order chi connectivity index (χ1) is 11.6. The Morgan fingerprint density at radius 2 is 2.17 bits per heavy atom. The molecular formula is C19H24N4S. The Balaban J connectivity index is 1.50. The van der Waals surface area contributed by atoms with Crippen LogP contribution in [0.2, 0.25) is 0 Å². The minimum atomic E-state index is 0.365. The number of thiophene rings is 1. The second-order valence-corrected chi connectivity index (χ2v) is 8.16. The van der Waals surface area contributed by atoms with Crippen LogP contribution < -0.4 is 5.32 Å². The second kappa shape index (κ2) is 6.30. The van der Waals surface area contributed by atoms with E-state index in [9.17, 15) is 0 Å². The second-order valence-electron chi connectivity index (χ2n) is 7.05. The van der Waals surface area contributed by atoms with Crippen molar-refractivity contribution in [2.45, 2.75) is 58.2 Å². The van der Waals surface area contributed by atoms with Gasteiger partial charge in [-0.05, 0) is 56.7 Å². The topological polar surface area (TPSA) is 42.7 Å². The van der Waals surface area contributed by atoms with E-state index >= 15 is 0 Å². The molecule has 0 fully saturated rings. The molecule has 3 aromatic rings. The van der Waals surface area contributed by atoms with Crippen LogP contribution in [-0.2, 0) is 12.8 Å². The third kappa shape index (κ3) is 2.87. The summed E-state index contributed by atoms with van der Waals surface area (Å²) in [4.78, 5) is 5.62. The van der Waals surface area contributed by atoms with Gasteiger partial charge in [0.1, 0.15) is 0 Å². The van der Waals surface area contributed by atoms with Crippen molar-refractivity contribution < 1.29 is 0 Å². The number of pyridine rings is 1. The molecule has 0 bridgehead atoms. The van der Waals surface area contributed by atoms with Crippen molar-refractivity contribution in [1.29, 1.82) is 0 Å². The summed E-state index contributed by atoms with van der Waals surface area (Å²) in [6, 6.07) is 5.71. The molecule has 24 heavy (non-hydrogen) atoms. The Kier molecular flexibility index (Phi) is 4.14. The molecule has 2 atom stereocenters. The number of nitrogens with one attached hydrogen (secondary N) is 1. The van der Waals surface area contributed by atoms with Crippen LogP contribution in [0.1, 0.15) is 55.4 Å². The van der Waals surface area contributed by atoms with Gasteiger partial charge < -0.3 is 5.32 Å². The van der Waals surface area contributed by atoms with E-state index in [4.69, 9.17) is 0 Å². The van der Waals surface area contributed by atoms with E-state index in [0.717, 1.165) is 12.8 Å². The van der Waals surface area contributed by atoms with Crippen LogP contribution in [0.25, 0.3) is 10.1 Å². The van der Waals surface area contributed by atoms with Crippen LogP contribution in [0.4, 0.5) is 0 Å². The molecule has 5 heteroatoms. The summed E-state index contributed by atoms with van der Waals surface area (Å²) in [5.41, 5.74) is 2.85. The van der Waals surface area contributed by atoms with Crippen molar-refractivity contribution in [3.63, 3.8) is 0 Å². The molecule has 126 valence electrons. The Hall–Kier alpha value is -1.72. The van der Waals surface area contributed by atoms with Crippen LogP contribution in [0, 0.1) is 0 Å². The first-order valence-electron chi connectivity index (χ1n) is 8.76. The molecular weight excluding hydrogens is 316 g/mol. The lowest BCUT2D eigenvalue weighted by Crippen LogP contribution is -2.36. The Labute approximate surface area is 146 Å². The molecule has 1 N–H and O–H groups in total. The minimum absolute atomic E-state index is 0.365. The molecule has 0 radical (unpaired) electrons. The Bertz CT molecular complexity index is 815. The number of aromatic nitrogens is 3. The number of hydrogen-bond donors (Lipinski definition) is 1. The van der Waals surface area contributed by atoms with Gasteiger partial charge in [0.15, 0.2) is 0 Å². The molecule has 2 unspecified atom stereocenters. The number of rotatable bonds is 4. The third-order valence-electron chi connectivity index (χ3n) is 4.93. The van der Waals surface area contributed by atoms with E-state index in [2.05, 4.69) is 59.2 Å². The zero-order valence-electron chi connectivity index (χ0n) is 14.5. The van der Waals surface area contributed by atoms with Crippen molar-refractivity contribution in [2.24, 2.45) is 0 Å². The summed E-state index contributed by atoms with van der Waals surface area (Å²) in [5.74, 6) is 0. The highest BCUT2D eigenvalue weighted by molar-refractivity contribution is 7.19. The Morgan fingerprint density at radius 3 is 2.96 bits per heavy atom. The van der Waals surface area contributed by atoms with E-state index in [1.165, 1.54) is 32.6 Å². The van der Waals surface area contributed by atoms with Gasteiger partial charge in [0.2, 0.25) is 0 Å². The van der Waals surface area contributed by atoms with E-state index in [-0.39, 0.29) is 0 Å². The van der Waals surface area contributed by atoms with Gasteiger partial charge in [-0.15, -0.1) is 11.3 Å². The molecule has 4 nitrogen and oxygen atoms in total. The summed E-state index contributed by atoms with van der Waals surface area (Å²) < 4.78 is 3.46. The highest BCUT2D eigenvalue weighted by atomic mass is 32.1. The van der Waals surface area contributed by atoms with Crippen molar-refractivity contribution >= 4 is 21.4 Å². The van der Waals surface area contributed by atoms with Crippen molar-refractivity contribution in [1.82, 2.24) is 20.1 Å². The SMILES string of the molecule is CC(NC1CCc2cnn(C(C)C)c2C1)c1cc2ccncc2s1. The zero-order chi connectivity index (χ0) is 16.7. The Morgan fingerprint density at radius 1 is 1.29 bits per heavy atom. The fourth-order valence-corrected chi connectivity index (χ4v) is 4.71. The quantitative estimate of drug-likeness (QED) is 0.771. The van der Waals surface area contributed by atoms with Crippen LogP contribution in [0.15, 0.2) is 30.7 Å². The first kappa shape index (κ1) is 15.8. The molecule has 1 aliphatic rings. The van der Waals surface area contributed by atoms with Gasteiger partial charge in [-0.3, -0.25) is 9.67 Å². The first-order valence-corrected chi connectivity index (χ1v) is 9.58. The van der Waals surface area contributed by atoms with Crippen molar-refractivity contribution in [3.8, 4) is 0 Å². The lowest BCUT2D eigenvalue weighted by molar-refractivity contribution is 0.395. The molecule has 0 spiro atoms. The summed E-state index contributed by atoms with van der Waals surface area (Å²) in [7, 11) is 0. The third-order valence-corrected chi connectivity index (χ3v) is 6.20.